The maximum absolute atomic E-state index is 11.8. The molecule has 1 aromatic rings. The molecule has 0 radical (unpaired) electrons. The van der Waals surface area contributed by atoms with Crippen molar-refractivity contribution in [2.75, 3.05) is 20.3 Å². The summed E-state index contributed by atoms with van der Waals surface area (Å²) < 4.78 is 10.5. The molecular weight excluding hydrogens is 254 g/mol. The van der Waals surface area contributed by atoms with Crippen molar-refractivity contribution in [1.29, 1.82) is 0 Å². The Bertz CT molecular complexity index is 424. The van der Waals surface area contributed by atoms with Gasteiger partial charge in [0, 0.05) is 13.2 Å². The van der Waals surface area contributed by atoms with Crippen LogP contribution in [-0.4, -0.2) is 32.3 Å². The van der Waals surface area contributed by atoms with Crippen molar-refractivity contribution in [3.63, 3.8) is 0 Å². The molecule has 1 fully saturated rings. The lowest BCUT2D eigenvalue weighted by atomic mass is 9.98. The Morgan fingerprint density at radius 2 is 2.20 bits per heavy atom. The molecule has 4 heteroatoms. The van der Waals surface area contributed by atoms with Gasteiger partial charge >= 0.3 is 0 Å². The number of amides is 1. The van der Waals surface area contributed by atoms with E-state index in [-0.39, 0.29) is 12.0 Å². The lowest BCUT2D eigenvalue weighted by Gasteiger charge is -2.14. The molecule has 2 atom stereocenters. The highest BCUT2D eigenvalue weighted by Gasteiger charge is 2.23. The van der Waals surface area contributed by atoms with Gasteiger partial charge in [-0.05, 0) is 42.9 Å². The first-order valence-electron chi connectivity index (χ1n) is 7.24. The Morgan fingerprint density at radius 3 is 2.80 bits per heavy atom. The molecule has 20 heavy (non-hydrogen) atoms. The number of nitrogens with one attached hydrogen (secondary N) is 1. The van der Waals surface area contributed by atoms with Crippen molar-refractivity contribution in [3.05, 3.63) is 29.8 Å². The highest BCUT2D eigenvalue weighted by atomic mass is 16.5. The van der Waals surface area contributed by atoms with Crippen LogP contribution >= 0.6 is 0 Å². The first-order chi connectivity index (χ1) is 9.70. The molecule has 1 aliphatic rings. The highest BCUT2D eigenvalue weighted by molar-refractivity contribution is 5.80. The third-order valence-electron chi connectivity index (χ3n) is 3.78. The fourth-order valence-corrected chi connectivity index (χ4v) is 2.41. The summed E-state index contributed by atoms with van der Waals surface area (Å²) in [6.07, 6.45) is 2.52. The first-order valence-corrected chi connectivity index (χ1v) is 7.24. The van der Waals surface area contributed by atoms with Gasteiger partial charge in [-0.3, -0.25) is 4.79 Å². The number of rotatable bonds is 6. The van der Waals surface area contributed by atoms with E-state index in [1.165, 1.54) is 5.56 Å². The van der Waals surface area contributed by atoms with Gasteiger partial charge in [-0.2, -0.15) is 0 Å². The molecule has 0 saturated carbocycles. The third-order valence-corrected chi connectivity index (χ3v) is 3.78. The molecule has 0 aromatic heterocycles. The molecule has 110 valence electrons. The molecule has 1 N–H and O–H groups in total. The van der Waals surface area contributed by atoms with E-state index in [0.717, 1.165) is 25.0 Å². The lowest BCUT2D eigenvalue weighted by Crippen LogP contribution is -2.35. The van der Waals surface area contributed by atoms with Crippen LogP contribution in [0.15, 0.2) is 24.3 Å². The zero-order valence-corrected chi connectivity index (χ0v) is 12.2. The molecule has 0 bridgehead atoms. The molecule has 1 heterocycles. The van der Waals surface area contributed by atoms with Crippen LogP contribution in [0.1, 0.15) is 37.7 Å². The van der Waals surface area contributed by atoms with Crippen molar-refractivity contribution >= 4 is 5.91 Å². The smallest absolute Gasteiger partial charge is 0.249 e. The molecule has 1 saturated heterocycles. The fourth-order valence-electron chi connectivity index (χ4n) is 2.41. The van der Waals surface area contributed by atoms with Crippen LogP contribution in [0.5, 0.6) is 5.75 Å². The van der Waals surface area contributed by atoms with E-state index in [1.807, 2.05) is 12.1 Å². The number of ether oxygens (including phenoxy) is 2. The van der Waals surface area contributed by atoms with Gasteiger partial charge in [0.05, 0.1) is 7.11 Å². The molecule has 4 nitrogen and oxygen atoms in total. The van der Waals surface area contributed by atoms with Gasteiger partial charge in [-0.15, -0.1) is 0 Å². The van der Waals surface area contributed by atoms with Gasteiger partial charge in [-0.25, -0.2) is 0 Å². The molecule has 1 aliphatic heterocycles. The summed E-state index contributed by atoms with van der Waals surface area (Å²) in [6, 6.07) is 8.09. The first kappa shape index (κ1) is 14.9. The molecule has 1 amide bonds. The average molecular weight is 277 g/mol. The maximum Gasteiger partial charge on any atom is 0.249 e. The van der Waals surface area contributed by atoms with Gasteiger partial charge in [-0.1, -0.05) is 19.1 Å². The quantitative estimate of drug-likeness (QED) is 0.869. The van der Waals surface area contributed by atoms with E-state index in [0.29, 0.717) is 19.1 Å². The van der Waals surface area contributed by atoms with E-state index in [4.69, 9.17) is 9.47 Å². The number of carbonyl (C=O) groups is 1. The fraction of sp³-hybridized carbons (Fsp3) is 0.562. The summed E-state index contributed by atoms with van der Waals surface area (Å²) >= 11 is 0. The normalized spacial score (nSPS) is 19.6. The van der Waals surface area contributed by atoms with Crippen molar-refractivity contribution in [3.8, 4) is 5.75 Å². The predicted molar refractivity (Wildman–Crippen MR) is 78.0 cm³/mol. The average Bonchev–Trinajstić information content (AvgIpc) is 3.01. The van der Waals surface area contributed by atoms with Crippen LogP contribution in [0.2, 0.25) is 0 Å². The largest absolute Gasteiger partial charge is 0.497 e. The Kier molecular flexibility index (Phi) is 5.41. The number of benzene rings is 1. The van der Waals surface area contributed by atoms with E-state index >= 15 is 0 Å². The second-order valence-electron chi connectivity index (χ2n) is 5.26. The number of carbonyl (C=O) groups excluding carboxylic acids is 1. The predicted octanol–water partition coefficient (Wildman–Crippen LogP) is 2.48. The molecule has 0 aliphatic carbocycles. The molecule has 1 aromatic carbocycles. The van der Waals surface area contributed by atoms with Gasteiger partial charge in [0.15, 0.2) is 0 Å². The summed E-state index contributed by atoms with van der Waals surface area (Å²) in [5.41, 5.74) is 1.26. The van der Waals surface area contributed by atoms with E-state index in [1.54, 1.807) is 7.11 Å². The zero-order chi connectivity index (χ0) is 14.4. The molecule has 2 rings (SSSR count). The molecular formula is C16H23NO3. The minimum atomic E-state index is -0.230. The second kappa shape index (κ2) is 7.29. The Balaban J connectivity index is 1.73. The standard InChI is InChI=1S/C16H23NO3/c1-12(13-5-7-14(19-2)8-6-13)9-10-17-16(18)15-4-3-11-20-15/h5-8,12,15H,3-4,9-11H2,1-2H3,(H,17,18)/t12-,15-/m1/s1. The van der Waals surface area contributed by atoms with E-state index in [2.05, 4.69) is 24.4 Å². The van der Waals surface area contributed by atoms with Crippen LogP contribution < -0.4 is 10.1 Å². The van der Waals surface area contributed by atoms with E-state index in [9.17, 15) is 4.79 Å². The number of hydrogen-bond acceptors (Lipinski definition) is 3. The maximum atomic E-state index is 11.8. The topological polar surface area (TPSA) is 47.6 Å². The summed E-state index contributed by atoms with van der Waals surface area (Å²) in [7, 11) is 1.67. The third kappa shape index (κ3) is 3.97. The molecule has 0 spiro atoms. The van der Waals surface area contributed by atoms with Crippen molar-refractivity contribution in [2.45, 2.75) is 38.2 Å². The number of methoxy groups -OCH3 is 1. The van der Waals surface area contributed by atoms with Crippen LogP contribution in [0.4, 0.5) is 0 Å². The van der Waals surface area contributed by atoms with Gasteiger partial charge in [0.1, 0.15) is 11.9 Å². The second-order valence-corrected chi connectivity index (χ2v) is 5.26. The summed E-state index contributed by atoms with van der Waals surface area (Å²) in [4.78, 5) is 11.8. The zero-order valence-electron chi connectivity index (χ0n) is 12.2. The van der Waals surface area contributed by atoms with Crippen molar-refractivity contribution in [1.82, 2.24) is 5.32 Å². The summed E-state index contributed by atoms with van der Waals surface area (Å²) in [6.45, 7) is 3.56. The van der Waals surface area contributed by atoms with Crippen LogP contribution in [0, 0.1) is 0 Å². The van der Waals surface area contributed by atoms with Gasteiger partial charge in [0.2, 0.25) is 5.91 Å². The lowest BCUT2D eigenvalue weighted by molar-refractivity contribution is -0.130. The van der Waals surface area contributed by atoms with Gasteiger partial charge in [0.25, 0.3) is 0 Å². The summed E-state index contributed by atoms with van der Waals surface area (Å²) in [5.74, 6) is 1.31. The monoisotopic (exact) mass is 277 g/mol. The van der Waals surface area contributed by atoms with Crippen molar-refractivity contribution in [2.24, 2.45) is 0 Å². The minimum absolute atomic E-state index is 0.0319. The van der Waals surface area contributed by atoms with Gasteiger partial charge < -0.3 is 14.8 Å². The highest BCUT2D eigenvalue weighted by Crippen LogP contribution is 2.21. The number of hydrogen-bond donors (Lipinski definition) is 1. The van der Waals surface area contributed by atoms with Crippen LogP contribution in [0.25, 0.3) is 0 Å². The SMILES string of the molecule is COc1ccc([C@H](C)CCNC(=O)[C@H]2CCCO2)cc1. The summed E-state index contributed by atoms with van der Waals surface area (Å²) in [5, 5.41) is 2.96. The minimum Gasteiger partial charge on any atom is -0.497 e. The Morgan fingerprint density at radius 1 is 1.45 bits per heavy atom. The Hall–Kier alpha value is -1.55. The Labute approximate surface area is 120 Å². The van der Waals surface area contributed by atoms with Crippen LogP contribution in [-0.2, 0) is 9.53 Å². The van der Waals surface area contributed by atoms with Crippen LogP contribution in [0.3, 0.4) is 0 Å². The van der Waals surface area contributed by atoms with E-state index < -0.39 is 0 Å². The molecule has 0 unspecified atom stereocenters. The van der Waals surface area contributed by atoms with Crippen molar-refractivity contribution < 1.29 is 14.3 Å².